The van der Waals surface area contributed by atoms with Gasteiger partial charge in [0.2, 0.25) is 0 Å². The molecule has 5 heterocycles. The van der Waals surface area contributed by atoms with Crippen LogP contribution >= 0.6 is 0 Å². The molecule has 0 radical (unpaired) electrons. The fourth-order valence-electron chi connectivity index (χ4n) is 4.82. The van der Waals surface area contributed by atoms with Gasteiger partial charge in [-0.2, -0.15) is 5.10 Å². The highest BCUT2D eigenvalue weighted by Gasteiger charge is 2.20. The van der Waals surface area contributed by atoms with Gasteiger partial charge in [-0.3, -0.25) is 9.67 Å². The van der Waals surface area contributed by atoms with Crippen LogP contribution in [-0.4, -0.2) is 49.8 Å². The van der Waals surface area contributed by atoms with Crippen molar-refractivity contribution in [1.29, 1.82) is 0 Å². The zero-order valence-corrected chi connectivity index (χ0v) is 19.8. The minimum atomic E-state index is -0.543. The lowest BCUT2D eigenvalue weighted by atomic mass is 9.99. The van der Waals surface area contributed by atoms with E-state index in [1.165, 1.54) is 0 Å². The van der Waals surface area contributed by atoms with Crippen LogP contribution in [0.3, 0.4) is 0 Å². The summed E-state index contributed by atoms with van der Waals surface area (Å²) in [6.07, 6.45) is 11.3. The molecule has 0 atom stereocenters. The zero-order valence-electron chi connectivity index (χ0n) is 19.8. The fraction of sp³-hybridized carbons (Fsp3) is 0.214. The molecule has 0 N–H and O–H groups in total. The highest BCUT2D eigenvalue weighted by Crippen LogP contribution is 2.34. The third-order valence-corrected chi connectivity index (χ3v) is 6.83. The van der Waals surface area contributed by atoms with E-state index in [1.807, 2.05) is 30.6 Å². The minimum Gasteiger partial charge on any atom is -0.306 e. The highest BCUT2D eigenvalue weighted by atomic mass is 19.1. The first-order chi connectivity index (χ1) is 17.5. The van der Waals surface area contributed by atoms with Gasteiger partial charge in [-0.1, -0.05) is 0 Å². The van der Waals surface area contributed by atoms with Gasteiger partial charge in [0.15, 0.2) is 5.65 Å². The number of rotatable bonds is 4. The number of aromatic nitrogens is 5. The van der Waals surface area contributed by atoms with Crippen LogP contribution < -0.4 is 0 Å². The number of halogens is 2. The molecule has 0 unspecified atom stereocenters. The van der Waals surface area contributed by atoms with Crippen molar-refractivity contribution < 1.29 is 8.78 Å². The van der Waals surface area contributed by atoms with Gasteiger partial charge < -0.3 is 4.90 Å². The van der Waals surface area contributed by atoms with Crippen molar-refractivity contribution in [3.8, 4) is 33.5 Å². The van der Waals surface area contributed by atoms with Crippen LogP contribution in [0, 0.1) is 11.6 Å². The molecule has 36 heavy (non-hydrogen) atoms. The average Bonchev–Trinajstić information content (AvgIpc) is 3.40. The first kappa shape index (κ1) is 22.4. The SMILES string of the molecule is CN1CCC(n2cc(-c3cncc(-c4cc(-c5cc(F)ccc5F)nc5ncccc45)c3)cn2)CC1. The van der Waals surface area contributed by atoms with E-state index in [0.717, 1.165) is 71.8 Å². The van der Waals surface area contributed by atoms with Gasteiger partial charge in [-0.15, -0.1) is 0 Å². The van der Waals surface area contributed by atoms with Gasteiger partial charge in [0, 0.05) is 52.4 Å². The molecule has 5 aromatic rings. The Morgan fingerprint density at radius 2 is 1.72 bits per heavy atom. The number of benzene rings is 1. The van der Waals surface area contributed by atoms with Crippen LogP contribution in [0.5, 0.6) is 0 Å². The Balaban J connectivity index is 1.42. The lowest BCUT2D eigenvalue weighted by Gasteiger charge is -2.28. The summed E-state index contributed by atoms with van der Waals surface area (Å²) in [6.45, 7) is 2.13. The summed E-state index contributed by atoms with van der Waals surface area (Å²) >= 11 is 0. The molecule has 1 fully saturated rings. The monoisotopic (exact) mass is 482 g/mol. The van der Waals surface area contributed by atoms with Gasteiger partial charge in [0.25, 0.3) is 0 Å². The summed E-state index contributed by atoms with van der Waals surface area (Å²) in [5.74, 6) is -1.07. The molecule has 0 spiro atoms. The summed E-state index contributed by atoms with van der Waals surface area (Å²) < 4.78 is 30.6. The van der Waals surface area contributed by atoms with E-state index < -0.39 is 11.6 Å². The Bertz CT molecular complexity index is 1560. The van der Waals surface area contributed by atoms with Crippen molar-refractivity contribution in [1.82, 2.24) is 29.6 Å². The molecule has 8 heteroatoms. The summed E-state index contributed by atoms with van der Waals surface area (Å²) in [4.78, 5) is 15.7. The van der Waals surface area contributed by atoms with Crippen molar-refractivity contribution in [2.75, 3.05) is 20.1 Å². The summed E-state index contributed by atoms with van der Waals surface area (Å²) in [6, 6.07) is 11.3. The molecule has 0 saturated carbocycles. The van der Waals surface area contributed by atoms with Crippen molar-refractivity contribution in [3.63, 3.8) is 0 Å². The van der Waals surface area contributed by atoms with E-state index in [9.17, 15) is 8.78 Å². The topological polar surface area (TPSA) is 59.7 Å². The van der Waals surface area contributed by atoms with Crippen LogP contribution in [0.15, 0.2) is 73.4 Å². The van der Waals surface area contributed by atoms with Crippen molar-refractivity contribution in [3.05, 3.63) is 85.1 Å². The molecule has 4 aromatic heterocycles. The number of piperidine rings is 1. The zero-order chi connectivity index (χ0) is 24.6. The second-order valence-corrected chi connectivity index (χ2v) is 9.26. The van der Waals surface area contributed by atoms with Gasteiger partial charge in [-0.25, -0.2) is 18.7 Å². The van der Waals surface area contributed by atoms with E-state index in [-0.39, 0.29) is 5.56 Å². The smallest absolute Gasteiger partial charge is 0.160 e. The second-order valence-electron chi connectivity index (χ2n) is 9.26. The predicted octanol–water partition coefficient (Wildman–Crippen LogP) is 5.77. The fourth-order valence-corrected chi connectivity index (χ4v) is 4.82. The van der Waals surface area contributed by atoms with Gasteiger partial charge in [-0.05, 0) is 81.0 Å². The maximum atomic E-state index is 14.6. The summed E-state index contributed by atoms with van der Waals surface area (Å²) in [5, 5.41) is 5.44. The number of hydrogen-bond donors (Lipinski definition) is 0. The molecule has 0 amide bonds. The van der Waals surface area contributed by atoms with Crippen molar-refractivity contribution in [2.45, 2.75) is 18.9 Å². The van der Waals surface area contributed by atoms with Crippen molar-refractivity contribution in [2.24, 2.45) is 0 Å². The number of likely N-dealkylation sites (tertiary alicyclic amines) is 1. The molecule has 180 valence electrons. The number of nitrogens with zero attached hydrogens (tertiary/aromatic N) is 6. The van der Waals surface area contributed by atoms with Crippen molar-refractivity contribution >= 4 is 11.0 Å². The lowest BCUT2D eigenvalue weighted by molar-refractivity contribution is 0.212. The van der Waals surface area contributed by atoms with E-state index in [1.54, 1.807) is 18.5 Å². The lowest BCUT2D eigenvalue weighted by Crippen LogP contribution is -2.31. The van der Waals surface area contributed by atoms with E-state index in [4.69, 9.17) is 0 Å². The van der Waals surface area contributed by atoms with Crippen LogP contribution in [0.1, 0.15) is 18.9 Å². The molecule has 1 aromatic carbocycles. The number of fused-ring (bicyclic) bond motifs is 1. The Labute approximate surface area is 207 Å². The summed E-state index contributed by atoms with van der Waals surface area (Å²) in [7, 11) is 2.15. The van der Waals surface area contributed by atoms with Gasteiger partial charge in [0.1, 0.15) is 11.6 Å². The highest BCUT2D eigenvalue weighted by molar-refractivity contribution is 5.95. The first-order valence-corrected chi connectivity index (χ1v) is 11.9. The average molecular weight is 483 g/mol. The quantitative estimate of drug-likeness (QED) is 0.326. The third kappa shape index (κ3) is 4.24. The maximum Gasteiger partial charge on any atom is 0.160 e. The third-order valence-electron chi connectivity index (χ3n) is 6.83. The first-order valence-electron chi connectivity index (χ1n) is 11.9. The molecule has 1 saturated heterocycles. The van der Waals surface area contributed by atoms with Crippen LogP contribution in [0.4, 0.5) is 8.78 Å². The maximum absolute atomic E-state index is 14.6. The van der Waals surface area contributed by atoms with Gasteiger partial charge >= 0.3 is 0 Å². The van der Waals surface area contributed by atoms with Gasteiger partial charge in [0.05, 0.1) is 17.9 Å². The molecular weight excluding hydrogens is 458 g/mol. The molecular formula is C28H24F2N6. The van der Waals surface area contributed by atoms with Crippen LogP contribution in [-0.2, 0) is 0 Å². The molecule has 1 aliphatic rings. The normalized spacial score (nSPS) is 15.0. The Morgan fingerprint density at radius 3 is 2.58 bits per heavy atom. The van der Waals surface area contributed by atoms with Crippen LogP contribution in [0.2, 0.25) is 0 Å². The van der Waals surface area contributed by atoms with E-state index in [2.05, 4.69) is 42.9 Å². The molecule has 6 nitrogen and oxygen atoms in total. The molecule has 1 aliphatic heterocycles. The second kappa shape index (κ2) is 9.20. The van der Waals surface area contributed by atoms with Crippen LogP contribution in [0.25, 0.3) is 44.5 Å². The largest absolute Gasteiger partial charge is 0.306 e. The minimum absolute atomic E-state index is 0.0901. The van der Waals surface area contributed by atoms with E-state index in [0.29, 0.717) is 17.4 Å². The Kier molecular flexibility index (Phi) is 5.73. The summed E-state index contributed by atoms with van der Waals surface area (Å²) in [5.41, 5.74) is 4.40. The molecule has 0 bridgehead atoms. The molecule has 0 aliphatic carbocycles. The van der Waals surface area contributed by atoms with E-state index >= 15 is 0 Å². The standard InChI is InChI=1S/C28H24F2N6/c1-35-9-6-22(7-10-35)36-17-20(16-33-36)18-11-19(15-31-14-18)24-13-27(25-12-21(29)4-5-26(25)30)34-28-23(24)3-2-8-32-28/h2-5,8,11-17,22H,6-7,9-10H2,1H3. The molecule has 6 rings (SSSR count). The Hall–Kier alpha value is -4.04. The number of hydrogen-bond acceptors (Lipinski definition) is 5. The number of pyridine rings is 3. The Morgan fingerprint density at radius 1 is 0.889 bits per heavy atom. The predicted molar refractivity (Wildman–Crippen MR) is 135 cm³/mol.